The van der Waals surface area contributed by atoms with Gasteiger partial charge in [-0.15, -0.1) is 0 Å². The second kappa shape index (κ2) is 5.84. The molecule has 6 heteroatoms. The standard InChI is InChI=1S/C12H17BrN2O3/c1-18-9(7-5-3-2-4-6-7)10-14-11(16)8(13)12(17)15-10/h7,9H,2-6H2,1H3,(H2,14,15,16,17). The Hall–Kier alpha value is -0.880. The van der Waals surface area contributed by atoms with Crippen LogP contribution in [0.1, 0.15) is 44.0 Å². The van der Waals surface area contributed by atoms with Crippen LogP contribution in [0.4, 0.5) is 0 Å². The third kappa shape index (κ3) is 2.75. The minimum absolute atomic E-state index is 0.0600. The van der Waals surface area contributed by atoms with E-state index in [-0.39, 0.29) is 22.0 Å². The van der Waals surface area contributed by atoms with E-state index in [1.165, 1.54) is 19.3 Å². The van der Waals surface area contributed by atoms with E-state index < -0.39 is 0 Å². The maximum absolute atomic E-state index is 11.6. The number of aromatic hydroxyl groups is 1. The summed E-state index contributed by atoms with van der Waals surface area (Å²) in [4.78, 5) is 18.3. The van der Waals surface area contributed by atoms with Gasteiger partial charge in [0.15, 0.2) is 0 Å². The monoisotopic (exact) mass is 316 g/mol. The number of methoxy groups -OCH3 is 1. The normalized spacial score (nSPS) is 18.8. The third-order valence-corrected chi connectivity index (χ3v) is 4.18. The molecule has 1 aromatic rings. The number of hydrogen-bond acceptors (Lipinski definition) is 4. The molecule has 1 aliphatic rings. The van der Waals surface area contributed by atoms with Gasteiger partial charge < -0.3 is 14.8 Å². The van der Waals surface area contributed by atoms with Crippen molar-refractivity contribution in [3.63, 3.8) is 0 Å². The van der Waals surface area contributed by atoms with Crippen molar-refractivity contribution in [2.45, 2.75) is 38.2 Å². The Bertz CT molecular complexity index is 469. The van der Waals surface area contributed by atoms with Gasteiger partial charge >= 0.3 is 0 Å². The average Bonchev–Trinajstić information content (AvgIpc) is 2.38. The first-order valence-electron chi connectivity index (χ1n) is 6.15. The summed E-state index contributed by atoms with van der Waals surface area (Å²) in [5.41, 5.74) is -0.379. The number of aromatic nitrogens is 2. The Labute approximate surface area is 114 Å². The number of halogens is 1. The lowest BCUT2D eigenvalue weighted by Gasteiger charge is -2.28. The van der Waals surface area contributed by atoms with Crippen LogP contribution in [-0.2, 0) is 4.74 Å². The van der Waals surface area contributed by atoms with Gasteiger partial charge in [-0.2, -0.15) is 4.98 Å². The maximum Gasteiger partial charge on any atom is 0.269 e. The number of aromatic amines is 1. The van der Waals surface area contributed by atoms with E-state index in [0.29, 0.717) is 11.7 Å². The van der Waals surface area contributed by atoms with E-state index in [0.717, 1.165) is 12.8 Å². The highest BCUT2D eigenvalue weighted by molar-refractivity contribution is 9.10. The van der Waals surface area contributed by atoms with Crippen molar-refractivity contribution in [2.75, 3.05) is 7.11 Å². The SMILES string of the molecule is COC(c1nc(O)c(Br)c(=O)[nH]1)C1CCCCC1. The molecule has 0 bridgehead atoms. The Morgan fingerprint density at radius 1 is 1.44 bits per heavy atom. The molecule has 1 aliphatic carbocycles. The molecule has 2 rings (SSSR count). The highest BCUT2D eigenvalue weighted by atomic mass is 79.9. The predicted octanol–water partition coefficient (Wildman–Crippen LogP) is 2.51. The minimum atomic E-state index is -0.379. The number of nitrogens with zero attached hydrogens (tertiary/aromatic N) is 1. The Kier molecular flexibility index (Phi) is 4.40. The second-order valence-electron chi connectivity index (χ2n) is 4.64. The molecule has 0 saturated heterocycles. The molecule has 100 valence electrons. The van der Waals surface area contributed by atoms with Crippen LogP contribution in [-0.4, -0.2) is 22.2 Å². The van der Waals surface area contributed by atoms with Crippen LogP contribution in [0.25, 0.3) is 0 Å². The van der Waals surface area contributed by atoms with Crippen LogP contribution < -0.4 is 5.56 Å². The van der Waals surface area contributed by atoms with Gasteiger partial charge in [-0.3, -0.25) is 4.79 Å². The topological polar surface area (TPSA) is 75.2 Å². The summed E-state index contributed by atoms with van der Waals surface area (Å²) >= 11 is 2.98. The highest BCUT2D eigenvalue weighted by Crippen LogP contribution is 2.35. The van der Waals surface area contributed by atoms with E-state index in [1.807, 2.05) is 0 Å². The fourth-order valence-electron chi connectivity index (χ4n) is 2.56. The van der Waals surface area contributed by atoms with Gasteiger partial charge in [0.2, 0.25) is 5.88 Å². The van der Waals surface area contributed by atoms with E-state index in [4.69, 9.17) is 4.74 Å². The molecule has 1 fully saturated rings. The fourth-order valence-corrected chi connectivity index (χ4v) is 2.75. The van der Waals surface area contributed by atoms with Crippen molar-refractivity contribution in [1.29, 1.82) is 0 Å². The van der Waals surface area contributed by atoms with Gasteiger partial charge in [0.1, 0.15) is 16.4 Å². The average molecular weight is 317 g/mol. The summed E-state index contributed by atoms with van der Waals surface area (Å²) in [5.74, 6) is 0.481. The number of H-pyrrole nitrogens is 1. The first-order valence-corrected chi connectivity index (χ1v) is 6.94. The zero-order valence-corrected chi connectivity index (χ0v) is 11.9. The molecule has 1 heterocycles. The van der Waals surface area contributed by atoms with Crippen LogP contribution in [0, 0.1) is 5.92 Å². The Morgan fingerprint density at radius 2 is 2.11 bits per heavy atom. The number of nitrogens with one attached hydrogen (secondary N) is 1. The van der Waals surface area contributed by atoms with Crippen molar-refractivity contribution in [2.24, 2.45) is 5.92 Å². The summed E-state index contributed by atoms with van der Waals surface area (Å²) < 4.78 is 5.53. The molecule has 0 radical (unpaired) electrons. The molecule has 2 N–H and O–H groups in total. The summed E-state index contributed by atoms with van der Waals surface area (Å²) in [5, 5.41) is 9.59. The van der Waals surface area contributed by atoms with Crippen LogP contribution >= 0.6 is 15.9 Å². The Morgan fingerprint density at radius 3 is 2.67 bits per heavy atom. The zero-order valence-electron chi connectivity index (χ0n) is 10.3. The molecular weight excluding hydrogens is 300 g/mol. The van der Waals surface area contributed by atoms with E-state index >= 15 is 0 Å². The zero-order chi connectivity index (χ0) is 13.1. The molecule has 0 aromatic carbocycles. The van der Waals surface area contributed by atoms with Crippen molar-refractivity contribution in [1.82, 2.24) is 9.97 Å². The first kappa shape index (κ1) is 13.5. The number of hydrogen-bond donors (Lipinski definition) is 2. The summed E-state index contributed by atoms with van der Waals surface area (Å²) in [6.45, 7) is 0. The van der Waals surface area contributed by atoms with Crippen molar-refractivity contribution in [3.8, 4) is 5.88 Å². The van der Waals surface area contributed by atoms with Crippen LogP contribution in [0.2, 0.25) is 0 Å². The largest absolute Gasteiger partial charge is 0.492 e. The molecule has 0 aliphatic heterocycles. The molecule has 0 amide bonds. The van der Waals surface area contributed by atoms with Gasteiger partial charge in [0.05, 0.1) is 0 Å². The summed E-state index contributed by atoms with van der Waals surface area (Å²) in [6.07, 6.45) is 5.49. The molecule has 1 saturated carbocycles. The minimum Gasteiger partial charge on any atom is -0.492 e. The molecule has 1 unspecified atom stereocenters. The number of ether oxygens (including phenoxy) is 1. The van der Waals surface area contributed by atoms with E-state index in [1.54, 1.807) is 7.11 Å². The molecular formula is C12H17BrN2O3. The molecule has 1 atom stereocenters. The van der Waals surface area contributed by atoms with Gasteiger partial charge in [-0.25, -0.2) is 0 Å². The number of rotatable bonds is 3. The molecule has 5 nitrogen and oxygen atoms in total. The lowest BCUT2D eigenvalue weighted by Crippen LogP contribution is -2.23. The smallest absolute Gasteiger partial charge is 0.269 e. The van der Waals surface area contributed by atoms with Crippen LogP contribution in [0.15, 0.2) is 9.27 Å². The predicted molar refractivity (Wildman–Crippen MR) is 70.5 cm³/mol. The lowest BCUT2D eigenvalue weighted by molar-refractivity contribution is 0.0283. The van der Waals surface area contributed by atoms with Gasteiger partial charge in [-0.1, -0.05) is 19.3 Å². The van der Waals surface area contributed by atoms with E-state index in [2.05, 4.69) is 25.9 Å². The van der Waals surface area contributed by atoms with Crippen molar-refractivity contribution in [3.05, 3.63) is 20.7 Å². The summed E-state index contributed by atoms with van der Waals surface area (Å²) in [6, 6.07) is 0. The van der Waals surface area contributed by atoms with Crippen LogP contribution in [0.5, 0.6) is 5.88 Å². The highest BCUT2D eigenvalue weighted by Gasteiger charge is 2.27. The third-order valence-electron chi connectivity index (χ3n) is 3.47. The van der Waals surface area contributed by atoms with Gasteiger partial charge in [-0.05, 0) is 34.7 Å². The molecule has 0 spiro atoms. The van der Waals surface area contributed by atoms with Crippen LogP contribution in [0.3, 0.4) is 0 Å². The van der Waals surface area contributed by atoms with Crippen molar-refractivity contribution < 1.29 is 9.84 Å². The lowest BCUT2D eigenvalue weighted by atomic mass is 9.85. The second-order valence-corrected chi connectivity index (χ2v) is 5.44. The van der Waals surface area contributed by atoms with Gasteiger partial charge in [0, 0.05) is 7.11 Å². The first-order chi connectivity index (χ1) is 8.63. The molecule has 18 heavy (non-hydrogen) atoms. The fraction of sp³-hybridized carbons (Fsp3) is 0.667. The Balaban J connectivity index is 2.29. The quantitative estimate of drug-likeness (QED) is 0.898. The summed E-state index contributed by atoms with van der Waals surface area (Å²) in [7, 11) is 1.61. The van der Waals surface area contributed by atoms with Gasteiger partial charge in [0.25, 0.3) is 5.56 Å². The maximum atomic E-state index is 11.6. The van der Waals surface area contributed by atoms with E-state index in [9.17, 15) is 9.90 Å². The molecule has 1 aromatic heterocycles. The van der Waals surface area contributed by atoms with Crippen molar-refractivity contribution >= 4 is 15.9 Å².